The maximum absolute atomic E-state index is 12.8. The van der Waals surface area contributed by atoms with Gasteiger partial charge in [-0.15, -0.1) is 0 Å². The van der Waals surface area contributed by atoms with Crippen molar-refractivity contribution in [3.8, 4) is 0 Å². The molecule has 2 N–H and O–H groups in total. The summed E-state index contributed by atoms with van der Waals surface area (Å²) in [6.07, 6.45) is 3.95. The summed E-state index contributed by atoms with van der Waals surface area (Å²) < 4.78 is 34.8. The summed E-state index contributed by atoms with van der Waals surface area (Å²) >= 11 is 0. The summed E-state index contributed by atoms with van der Waals surface area (Å²) in [4.78, 5) is 0.354. The molecule has 0 bridgehead atoms. The zero-order valence-corrected chi connectivity index (χ0v) is 13.4. The van der Waals surface area contributed by atoms with E-state index in [0.29, 0.717) is 37.2 Å². The summed E-state index contributed by atoms with van der Waals surface area (Å²) in [5.41, 5.74) is 6.19. The fourth-order valence-corrected chi connectivity index (χ4v) is 4.45. The molecule has 6 nitrogen and oxygen atoms in total. The summed E-state index contributed by atoms with van der Waals surface area (Å²) in [5.74, 6) is 0. The first-order valence-electron chi connectivity index (χ1n) is 7.38. The summed E-state index contributed by atoms with van der Waals surface area (Å²) in [5, 5.41) is 0. The highest BCUT2D eigenvalue weighted by Gasteiger charge is 2.36. The van der Waals surface area contributed by atoms with Gasteiger partial charge < -0.3 is 15.0 Å². The van der Waals surface area contributed by atoms with Crippen LogP contribution < -0.4 is 5.73 Å². The van der Waals surface area contributed by atoms with Crippen LogP contribution in [0.15, 0.2) is 17.2 Å². The van der Waals surface area contributed by atoms with Crippen LogP contribution in [0, 0.1) is 0 Å². The highest BCUT2D eigenvalue weighted by molar-refractivity contribution is 7.89. The molecule has 2 fully saturated rings. The average molecular weight is 313 g/mol. The number of sulfonamides is 1. The van der Waals surface area contributed by atoms with E-state index in [4.69, 9.17) is 10.5 Å². The smallest absolute Gasteiger partial charge is 0.244 e. The molecule has 3 rings (SSSR count). The van der Waals surface area contributed by atoms with Crippen LogP contribution in [0.5, 0.6) is 0 Å². The van der Waals surface area contributed by atoms with E-state index >= 15 is 0 Å². The standard InChI is InChI=1S/C14H23N3O3S/c1-14(2)10-16(5-6-20-14)21(18,19)13-7-12(8-15)17(9-13)11-3-4-11/h7,9,11H,3-6,8,10,15H2,1-2H3. The molecule has 1 saturated carbocycles. The van der Waals surface area contributed by atoms with Crippen molar-refractivity contribution in [3.63, 3.8) is 0 Å². The Labute approximate surface area is 125 Å². The Morgan fingerprint density at radius 2 is 2.14 bits per heavy atom. The van der Waals surface area contributed by atoms with Gasteiger partial charge in [0.1, 0.15) is 4.90 Å². The minimum atomic E-state index is -3.47. The van der Waals surface area contributed by atoms with Crippen molar-refractivity contribution < 1.29 is 13.2 Å². The number of aromatic nitrogens is 1. The van der Waals surface area contributed by atoms with Crippen LogP contribution >= 0.6 is 0 Å². The van der Waals surface area contributed by atoms with E-state index in [1.165, 1.54) is 4.31 Å². The lowest BCUT2D eigenvalue weighted by Gasteiger charge is -2.37. The van der Waals surface area contributed by atoms with E-state index in [-0.39, 0.29) is 0 Å². The lowest BCUT2D eigenvalue weighted by Crippen LogP contribution is -2.50. The third-order valence-electron chi connectivity index (χ3n) is 4.08. The number of hydrogen-bond donors (Lipinski definition) is 1. The quantitative estimate of drug-likeness (QED) is 0.902. The first-order chi connectivity index (χ1) is 9.83. The molecule has 1 saturated heterocycles. The fourth-order valence-electron chi connectivity index (χ4n) is 2.82. The van der Waals surface area contributed by atoms with Gasteiger partial charge >= 0.3 is 0 Å². The molecular weight excluding hydrogens is 290 g/mol. The van der Waals surface area contributed by atoms with Crippen LogP contribution in [-0.4, -0.2) is 42.6 Å². The lowest BCUT2D eigenvalue weighted by molar-refractivity contribution is -0.0640. The minimum Gasteiger partial charge on any atom is -0.373 e. The Morgan fingerprint density at radius 3 is 2.71 bits per heavy atom. The van der Waals surface area contributed by atoms with Gasteiger partial charge in [0.15, 0.2) is 0 Å². The van der Waals surface area contributed by atoms with Crippen LogP contribution in [0.4, 0.5) is 0 Å². The summed E-state index contributed by atoms with van der Waals surface area (Å²) in [6.45, 7) is 5.39. The predicted molar refractivity (Wildman–Crippen MR) is 79.4 cm³/mol. The van der Waals surface area contributed by atoms with Crippen LogP contribution in [0.2, 0.25) is 0 Å². The molecule has 0 aromatic carbocycles. The highest BCUT2D eigenvalue weighted by Crippen LogP contribution is 2.37. The first kappa shape index (κ1) is 15.0. The molecule has 0 spiro atoms. The minimum absolute atomic E-state index is 0.354. The molecule has 118 valence electrons. The van der Waals surface area contributed by atoms with Gasteiger partial charge in [-0.3, -0.25) is 0 Å². The second-order valence-corrected chi connectivity index (χ2v) is 8.39. The van der Waals surface area contributed by atoms with Crippen LogP contribution in [0.3, 0.4) is 0 Å². The fraction of sp³-hybridized carbons (Fsp3) is 0.714. The van der Waals surface area contributed by atoms with Crippen molar-refractivity contribution in [2.24, 2.45) is 5.73 Å². The van der Waals surface area contributed by atoms with Crippen molar-refractivity contribution in [1.29, 1.82) is 0 Å². The van der Waals surface area contributed by atoms with Crippen molar-refractivity contribution in [2.75, 3.05) is 19.7 Å². The van der Waals surface area contributed by atoms with Crippen molar-refractivity contribution in [1.82, 2.24) is 8.87 Å². The van der Waals surface area contributed by atoms with E-state index in [2.05, 4.69) is 0 Å². The number of nitrogens with two attached hydrogens (primary N) is 1. The SMILES string of the molecule is CC1(C)CN(S(=O)(=O)c2cc(CN)n(C3CC3)c2)CCO1. The highest BCUT2D eigenvalue weighted by atomic mass is 32.2. The first-order valence-corrected chi connectivity index (χ1v) is 8.82. The molecule has 7 heteroatoms. The van der Waals surface area contributed by atoms with Gasteiger partial charge in [0.2, 0.25) is 10.0 Å². The average Bonchev–Trinajstić information content (AvgIpc) is 3.16. The maximum atomic E-state index is 12.8. The monoisotopic (exact) mass is 313 g/mol. The van der Waals surface area contributed by atoms with Crippen molar-refractivity contribution in [3.05, 3.63) is 18.0 Å². The number of hydrogen-bond acceptors (Lipinski definition) is 4. The molecule has 1 aromatic heterocycles. The van der Waals surface area contributed by atoms with E-state index < -0.39 is 15.6 Å². The van der Waals surface area contributed by atoms with Gasteiger partial charge in [0, 0.05) is 37.6 Å². The molecule has 21 heavy (non-hydrogen) atoms. The van der Waals surface area contributed by atoms with Crippen LogP contribution in [0.25, 0.3) is 0 Å². The molecule has 0 radical (unpaired) electrons. The zero-order valence-electron chi connectivity index (χ0n) is 12.6. The Hall–Kier alpha value is -0.890. The molecular formula is C14H23N3O3S. The van der Waals surface area contributed by atoms with Gasteiger partial charge in [-0.05, 0) is 32.8 Å². The normalized spacial score (nSPS) is 23.4. The van der Waals surface area contributed by atoms with E-state index in [0.717, 1.165) is 18.5 Å². The van der Waals surface area contributed by atoms with Crippen LogP contribution in [0.1, 0.15) is 38.4 Å². The van der Waals surface area contributed by atoms with Gasteiger partial charge in [-0.25, -0.2) is 8.42 Å². The number of rotatable bonds is 4. The molecule has 2 heterocycles. The molecule has 1 aromatic rings. The molecule has 1 aliphatic heterocycles. The van der Waals surface area contributed by atoms with Gasteiger partial charge in [0.25, 0.3) is 0 Å². The Morgan fingerprint density at radius 1 is 1.43 bits per heavy atom. The largest absolute Gasteiger partial charge is 0.373 e. The van der Waals surface area contributed by atoms with E-state index in [9.17, 15) is 8.42 Å². The number of ether oxygens (including phenoxy) is 1. The van der Waals surface area contributed by atoms with Gasteiger partial charge in [0.05, 0.1) is 12.2 Å². The second-order valence-electron chi connectivity index (χ2n) is 6.46. The maximum Gasteiger partial charge on any atom is 0.244 e. The Bertz CT molecular complexity index is 632. The van der Waals surface area contributed by atoms with Gasteiger partial charge in [-0.2, -0.15) is 4.31 Å². The number of nitrogens with zero attached hydrogens (tertiary/aromatic N) is 2. The molecule has 0 amide bonds. The van der Waals surface area contributed by atoms with Crippen molar-refractivity contribution in [2.45, 2.75) is 49.8 Å². The molecule has 1 aliphatic carbocycles. The number of morpholine rings is 1. The Kier molecular flexibility index (Phi) is 3.64. The topological polar surface area (TPSA) is 77.6 Å². The summed E-state index contributed by atoms with van der Waals surface area (Å²) in [7, 11) is -3.47. The zero-order chi connectivity index (χ0) is 15.3. The Balaban J connectivity index is 1.91. The molecule has 0 unspecified atom stereocenters. The summed E-state index contributed by atoms with van der Waals surface area (Å²) in [6, 6.07) is 2.14. The van der Waals surface area contributed by atoms with Crippen LogP contribution in [-0.2, 0) is 21.3 Å². The third kappa shape index (κ3) is 2.88. The predicted octanol–water partition coefficient (Wildman–Crippen LogP) is 1.08. The second kappa shape index (κ2) is 5.08. The molecule has 2 aliphatic rings. The molecule has 0 atom stereocenters. The van der Waals surface area contributed by atoms with Crippen molar-refractivity contribution >= 4 is 10.0 Å². The third-order valence-corrected chi connectivity index (χ3v) is 5.90. The lowest BCUT2D eigenvalue weighted by atomic mass is 10.1. The van der Waals surface area contributed by atoms with Gasteiger partial charge in [-0.1, -0.05) is 0 Å². The van der Waals surface area contributed by atoms with E-state index in [1.807, 2.05) is 18.4 Å². The van der Waals surface area contributed by atoms with E-state index in [1.54, 1.807) is 12.3 Å².